The molecule has 2 N–H and O–H groups in total. The molecular weight excluding hydrogens is 256 g/mol. The smallest absolute Gasteiger partial charge is 0.407 e. The van der Waals surface area contributed by atoms with Gasteiger partial charge in [0, 0.05) is 18.3 Å². The van der Waals surface area contributed by atoms with Gasteiger partial charge in [0.2, 0.25) is 0 Å². The molecule has 0 aliphatic rings. The van der Waals surface area contributed by atoms with E-state index in [2.05, 4.69) is 10.3 Å². The maximum Gasteiger partial charge on any atom is 0.407 e. The van der Waals surface area contributed by atoms with E-state index in [1.807, 2.05) is 30.3 Å². The van der Waals surface area contributed by atoms with E-state index in [9.17, 15) is 9.59 Å². The average Bonchev–Trinajstić information content (AvgIpc) is 2.48. The number of alkyl carbamates (subject to hydrolysis) is 1. The first-order valence-electron chi connectivity index (χ1n) is 6.37. The number of pyridine rings is 1. The lowest BCUT2D eigenvalue weighted by Gasteiger charge is -2.06. The van der Waals surface area contributed by atoms with E-state index in [-0.39, 0.29) is 12.2 Å². The molecule has 2 rings (SSSR count). The Balaban J connectivity index is 1.71. The Labute approximate surface area is 116 Å². The minimum absolute atomic E-state index is 0.132. The molecule has 104 valence electrons. The van der Waals surface area contributed by atoms with Gasteiger partial charge < -0.3 is 15.0 Å². The van der Waals surface area contributed by atoms with Crippen LogP contribution in [0.15, 0.2) is 53.5 Å². The van der Waals surface area contributed by atoms with Gasteiger partial charge in [0.1, 0.15) is 6.61 Å². The lowest BCUT2D eigenvalue weighted by Crippen LogP contribution is -2.27. The van der Waals surface area contributed by atoms with Crippen LogP contribution in [0.5, 0.6) is 0 Å². The number of H-pyrrole nitrogens is 1. The number of benzene rings is 1. The van der Waals surface area contributed by atoms with Crippen molar-refractivity contribution in [2.24, 2.45) is 0 Å². The number of hydrogen-bond donors (Lipinski definition) is 2. The van der Waals surface area contributed by atoms with E-state index in [0.29, 0.717) is 18.5 Å². The second-order valence-corrected chi connectivity index (χ2v) is 4.26. The molecule has 0 aliphatic carbocycles. The molecule has 2 aromatic rings. The molecule has 0 spiro atoms. The van der Waals surface area contributed by atoms with E-state index in [4.69, 9.17) is 4.74 Å². The molecule has 0 radical (unpaired) electrons. The first-order chi connectivity index (χ1) is 9.75. The van der Waals surface area contributed by atoms with Crippen molar-refractivity contribution in [1.82, 2.24) is 10.3 Å². The fourth-order valence-corrected chi connectivity index (χ4v) is 1.73. The van der Waals surface area contributed by atoms with Gasteiger partial charge in [0.25, 0.3) is 5.56 Å². The van der Waals surface area contributed by atoms with Crippen molar-refractivity contribution in [3.05, 3.63) is 70.1 Å². The number of hydrogen-bond acceptors (Lipinski definition) is 3. The summed E-state index contributed by atoms with van der Waals surface area (Å²) < 4.78 is 5.06. The number of carbonyl (C=O) groups is 1. The summed E-state index contributed by atoms with van der Waals surface area (Å²) in [5.41, 5.74) is 1.44. The first kappa shape index (κ1) is 13.9. The van der Waals surface area contributed by atoms with Gasteiger partial charge in [-0.1, -0.05) is 36.4 Å². The van der Waals surface area contributed by atoms with Crippen LogP contribution in [0.4, 0.5) is 4.79 Å². The van der Waals surface area contributed by atoms with Gasteiger partial charge in [-0.05, 0) is 18.1 Å². The maximum absolute atomic E-state index is 11.5. The molecule has 1 aromatic carbocycles. The molecule has 0 fully saturated rings. The van der Waals surface area contributed by atoms with Gasteiger partial charge >= 0.3 is 6.09 Å². The predicted octanol–water partition coefficient (Wildman–Crippen LogP) is 1.84. The molecule has 5 heteroatoms. The molecule has 5 nitrogen and oxygen atoms in total. The maximum atomic E-state index is 11.5. The molecule has 0 saturated carbocycles. The van der Waals surface area contributed by atoms with Crippen LogP contribution in [0.3, 0.4) is 0 Å². The summed E-state index contributed by atoms with van der Waals surface area (Å²) >= 11 is 0. The minimum Gasteiger partial charge on any atom is -0.445 e. The lowest BCUT2D eigenvalue weighted by molar-refractivity contribution is 0.140. The number of carbonyl (C=O) groups excluding carboxylic acids is 1. The molecule has 0 bridgehead atoms. The van der Waals surface area contributed by atoms with Gasteiger partial charge in [0.05, 0.1) is 0 Å². The Morgan fingerprint density at radius 2 is 1.95 bits per heavy atom. The third kappa shape index (κ3) is 4.28. The van der Waals surface area contributed by atoms with Gasteiger partial charge in [-0.2, -0.15) is 0 Å². The molecule has 1 amide bonds. The third-order valence-electron chi connectivity index (χ3n) is 2.78. The molecule has 20 heavy (non-hydrogen) atoms. The summed E-state index contributed by atoms with van der Waals surface area (Å²) in [6.45, 7) is 0.597. The Kier molecular flexibility index (Phi) is 4.94. The van der Waals surface area contributed by atoms with Crippen LogP contribution < -0.4 is 10.9 Å². The van der Waals surface area contributed by atoms with Crippen molar-refractivity contribution in [2.75, 3.05) is 6.54 Å². The number of aromatic amines is 1. The summed E-state index contributed by atoms with van der Waals surface area (Å²) in [5.74, 6) is 0. The van der Waals surface area contributed by atoms with Crippen molar-refractivity contribution in [1.29, 1.82) is 0 Å². The van der Waals surface area contributed by atoms with Crippen molar-refractivity contribution < 1.29 is 9.53 Å². The average molecular weight is 272 g/mol. The Hall–Kier alpha value is -2.56. The fraction of sp³-hybridized carbons (Fsp3) is 0.200. The molecule has 0 atom stereocenters. The largest absolute Gasteiger partial charge is 0.445 e. The third-order valence-corrected chi connectivity index (χ3v) is 2.78. The zero-order valence-corrected chi connectivity index (χ0v) is 11.0. The highest BCUT2D eigenvalue weighted by Crippen LogP contribution is 2.00. The van der Waals surface area contributed by atoms with E-state index < -0.39 is 6.09 Å². The van der Waals surface area contributed by atoms with Crippen LogP contribution >= 0.6 is 0 Å². The number of ether oxygens (including phenoxy) is 1. The fourth-order valence-electron chi connectivity index (χ4n) is 1.73. The summed E-state index contributed by atoms with van der Waals surface area (Å²) in [6.07, 6.45) is 1.56. The highest BCUT2D eigenvalue weighted by atomic mass is 16.5. The van der Waals surface area contributed by atoms with Gasteiger partial charge in [-0.25, -0.2) is 4.79 Å². The number of rotatable bonds is 5. The molecular formula is C15H16N2O3. The number of nitrogens with one attached hydrogen (secondary N) is 2. The van der Waals surface area contributed by atoms with Crippen LogP contribution in [-0.4, -0.2) is 17.6 Å². The zero-order chi connectivity index (χ0) is 14.2. The van der Waals surface area contributed by atoms with Crippen molar-refractivity contribution >= 4 is 6.09 Å². The Morgan fingerprint density at radius 3 is 2.70 bits per heavy atom. The van der Waals surface area contributed by atoms with Gasteiger partial charge in [0.15, 0.2) is 0 Å². The normalized spacial score (nSPS) is 10.0. The molecule has 0 aliphatic heterocycles. The summed E-state index contributed by atoms with van der Waals surface area (Å²) in [6, 6.07) is 12.9. The number of amides is 1. The summed E-state index contributed by atoms with van der Waals surface area (Å²) in [4.78, 5) is 25.5. The second-order valence-electron chi connectivity index (χ2n) is 4.26. The zero-order valence-electron chi connectivity index (χ0n) is 11.0. The summed E-state index contributed by atoms with van der Waals surface area (Å²) in [7, 11) is 0. The van der Waals surface area contributed by atoms with Crippen LogP contribution in [-0.2, 0) is 17.8 Å². The van der Waals surface area contributed by atoms with Crippen molar-refractivity contribution in [2.45, 2.75) is 13.0 Å². The first-order valence-corrected chi connectivity index (χ1v) is 6.37. The second kappa shape index (κ2) is 7.13. The molecule has 0 unspecified atom stereocenters. The monoisotopic (exact) mass is 272 g/mol. The number of aromatic nitrogens is 1. The van der Waals surface area contributed by atoms with Crippen LogP contribution in [0.2, 0.25) is 0 Å². The highest BCUT2D eigenvalue weighted by Gasteiger charge is 2.03. The SMILES string of the molecule is O=C(NCCc1ccc[nH]c1=O)OCc1ccccc1. The van der Waals surface area contributed by atoms with E-state index in [0.717, 1.165) is 5.56 Å². The van der Waals surface area contributed by atoms with Gasteiger partial charge in [-0.15, -0.1) is 0 Å². The molecule has 0 saturated heterocycles. The summed E-state index contributed by atoms with van der Waals surface area (Å²) in [5, 5.41) is 2.61. The standard InChI is InChI=1S/C15H16N2O3/c18-14-13(7-4-9-16-14)8-10-17-15(19)20-11-12-5-2-1-3-6-12/h1-7,9H,8,10-11H2,(H,16,18)(H,17,19). The Morgan fingerprint density at radius 1 is 1.15 bits per heavy atom. The van der Waals surface area contributed by atoms with Crippen LogP contribution in [0.25, 0.3) is 0 Å². The lowest BCUT2D eigenvalue weighted by atomic mass is 10.2. The molecule has 1 heterocycles. The van der Waals surface area contributed by atoms with Crippen LogP contribution in [0, 0.1) is 0 Å². The minimum atomic E-state index is -0.485. The predicted molar refractivity (Wildman–Crippen MR) is 75.4 cm³/mol. The van der Waals surface area contributed by atoms with Gasteiger partial charge in [-0.3, -0.25) is 4.79 Å². The van der Waals surface area contributed by atoms with Crippen molar-refractivity contribution in [3.63, 3.8) is 0 Å². The quantitative estimate of drug-likeness (QED) is 0.872. The van der Waals surface area contributed by atoms with E-state index in [1.165, 1.54) is 0 Å². The Bertz CT molecular complexity index is 608. The molecule has 1 aromatic heterocycles. The highest BCUT2D eigenvalue weighted by molar-refractivity contribution is 5.67. The van der Waals surface area contributed by atoms with Crippen LogP contribution in [0.1, 0.15) is 11.1 Å². The topological polar surface area (TPSA) is 71.2 Å². The van der Waals surface area contributed by atoms with Crippen molar-refractivity contribution in [3.8, 4) is 0 Å². The van der Waals surface area contributed by atoms with E-state index in [1.54, 1.807) is 18.3 Å². The van der Waals surface area contributed by atoms with E-state index >= 15 is 0 Å².